The Morgan fingerprint density at radius 2 is 0.988 bits per heavy atom. The van der Waals surface area contributed by atoms with E-state index in [-0.39, 0.29) is 10.9 Å². The molecule has 9 aromatic carbocycles. The van der Waals surface area contributed by atoms with Crippen LogP contribution >= 0.6 is 0 Å². The molecule has 0 saturated carbocycles. The van der Waals surface area contributed by atoms with Gasteiger partial charge in [-0.25, -0.2) is 9.97 Å². The van der Waals surface area contributed by atoms with Gasteiger partial charge in [0, 0.05) is 90.5 Å². The van der Waals surface area contributed by atoms with Crippen LogP contribution < -0.4 is 15.0 Å². The summed E-state index contributed by atoms with van der Waals surface area (Å²) in [5.41, 5.74) is 18.9. The van der Waals surface area contributed by atoms with Gasteiger partial charge >= 0.3 is 0 Å². The van der Waals surface area contributed by atoms with Crippen LogP contribution in [0.3, 0.4) is 0 Å². The van der Waals surface area contributed by atoms with Crippen molar-refractivity contribution < 1.29 is 13.3 Å². The Hall–Kier alpha value is -9.15. The third-order valence-electron chi connectivity index (χ3n) is 16.7. The SMILES string of the molecule is Cc1cccc(C2(c3cccc(C)c3)c3cc(N(c4ccc([S+](C)C)cc4)c4ccc5c(c4)oc4ncccc45)ccc3-c3c2cc(N(c2ccc([Si](C)(C)C)cc2)c2ccc4c(c2)oc2ncccc24)c2oc4ccccc4c32)c1. The van der Waals surface area contributed by atoms with Gasteiger partial charge < -0.3 is 23.1 Å². The van der Waals surface area contributed by atoms with E-state index in [0.29, 0.717) is 11.4 Å². The molecule has 5 aromatic heterocycles. The average Bonchev–Trinajstić information content (AvgIpc) is 3.16. The number of furan rings is 3. The summed E-state index contributed by atoms with van der Waals surface area (Å²) in [6, 6.07) is 76.0. The lowest BCUT2D eigenvalue weighted by atomic mass is 9.67. The summed E-state index contributed by atoms with van der Waals surface area (Å²) in [6.45, 7) is 11.6. The van der Waals surface area contributed by atoms with E-state index < -0.39 is 13.5 Å². The molecule has 0 atom stereocenters. The quantitative estimate of drug-likeness (QED) is 0.0998. The molecule has 0 aliphatic heterocycles. The molecule has 0 unspecified atom stereocenters. The van der Waals surface area contributed by atoms with Crippen molar-refractivity contribution in [2.75, 3.05) is 22.3 Å². The first-order chi connectivity index (χ1) is 39.4. The number of pyridine rings is 2. The van der Waals surface area contributed by atoms with E-state index >= 15 is 0 Å². The van der Waals surface area contributed by atoms with Crippen LogP contribution in [0.1, 0.15) is 33.4 Å². The molecule has 392 valence electrons. The normalized spacial score (nSPS) is 13.1. The Kier molecular flexibility index (Phi) is 11.1. The van der Waals surface area contributed by atoms with Crippen LogP contribution in [0.2, 0.25) is 19.6 Å². The number of hydrogen-bond acceptors (Lipinski definition) is 7. The maximum atomic E-state index is 7.35. The summed E-state index contributed by atoms with van der Waals surface area (Å²) in [5.74, 6) is 0. The molecule has 0 saturated heterocycles. The monoisotopic (exact) mass is 1090 g/mol. The van der Waals surface area contributed by atoms with Crippen molar-refractivity contribution in [2.24, 2.45) is 0 Å². The van der Waals surface area contributed by atoms with E-state index in [9.17, 15) is 0 Å². The van der Waals surface area contributed by atoms with Gasteiger partial charge in [-0.3, -0.25) is 0 Å². The van der Waals surface area contributed by atoms with E-state index in [4.69, 9.17) is 13.3 Å². The van der Waals surface area contributed by atoms with Gasteiger partial charge in [0.05, 0.1) is 24.9 Å². The minimum atomic E-state index is -1.68. The second-order valence-corrected chi connectivity index (χ2v) is 30.1. The van der Waals surface area contributed by atoms with Crippen LogP contribution in [0, 0.1) is 13.8 Å². The first kappa shape index (κ1) is 48.9. The predicted octanol–water partition coefficient (Wildman–Crippen LogP) is 18.9. The summed E-state index contributed by atoms with van der Waals surface area (Å²) in [4.78, 5) is 15.3. The Bertz CT molecular complexity index is 4790. The molecule has 81 heavy (non-hydrogen) atoms. The first-order valence-corrected chi connectivity index (χ1v) is 33.2. The number of hydrogen-bond donors (Lipinski definition) is 0. The Morgan fingerprint density at radius 1 is 0.444 bits per heavy atom. The number of nitrogens with zero attached hydrogens (tertiary/aromatic N) is 4. The van der Waals surface area contributed by atoms with Gasteiger partial charge in [-0.05, 0) is 156 Å². The lowest BCUT2D eigenvalue weighted by Crippen LogP contribution is -2.37. The molecule has 0 amide bonds. The zero-order valence-corrected chi connectivity index (χ0v) is 48.0. The van der Waals surface area contributed by atoms with Gasteiger partial charge in [-0.1, -0.05) is 121 Å². The second-order valence-electron chi connectivity index (χ2n) is 22.9. The standard InChI is InChI=1S/C72H57N4O3SSi/c1-44-14-10-16-46(38-44)72(47-17-11-15-45(2)39-47)61-40-50(75(48-22-29-53(30-23-48)80(3)4)51-26-33-55-57-19-12-36-73-70(57)78-65(55)41-51)28-35-59(61)67-62(72)43-63(69-68(67)60-18-8-9-21-64(60)77-69)76(49-24-31-54(32-25-49)81(5,6)7)52-27-34-56-58-20-13-37-74-71(58)79-66(56)42-52/h8-43H,1-7H3/q+1. The number of rotatable bonds is 10. The van der Waals surface area contributed by atoms with Crippen molar-refractivity contribution in [3.63, 3.8) is 0 Å². The largest absolute Gasteiger partial charge is 0.454 e. The fourth-order valence-electron chi connectivity index (χ4n) is 12.8. The highest BCUT2D eigenvalue weighted by atomic mass is 32.2. The molecule has 9 heteroatoms. The molecule has 1 aliphatic carbocycles. The van der Waals surface area contributed by atoms with Gasteiger partial charge in [0.25, 0.3) is 0 Å². The third kappa shape index (κ3) is 7.70. The van der Waals surface area contributed by atoms with Crippen molar-refractivity contribution in [3.8, 4) is 11.1 Å². The molecule has 5 heterocycles. The highest BCUT2D eigenvalue weighted by Gasteiger charge is 2.49. The Morgan fingerprint density at radius 3 is 1.59 bits per heavy atom. The highest BCUT2D eigenvalue weighted by Crippen LogP contribution is 2.62. The number of anilines is 6. The lowest BCUT2D eigenvalue weighted by molar-refractivity contribution is 0.653. The molecule has 15 rings (SSSR count). The van der Waals surface area contributed by atoms with Crippen molar-refractivity contribution in [1.82, 2.24) is 9.97 Å². The molecule has 14 aromatic rings. The van der Waals surface area contributed by atoms with Crippen LogP contribution in [-0.4, -0.2) is 30.6 Å². The minimum Gasteiger partial charge on any atom is -0.454 e. The molecular weight excluding hydrogens is 1030 g/mol. The van der Waals surface area contributed by atoms with Crippen molar-refractivity contribution >= 4 is 124 Å². The summed E-state index contributed by atoms with van der Waals surface area (Å²) < 4.78 is 20.4. The van der Waals surface area contributed by atoms with Crippen molar-refractivity contribution in [3.05, 3.63) is 252 Å². The summed E-state index contributed by atoms with van der Waals surface area (Å²) in [7, 11) is -1.59. The van der Waals surface area contributed by atoms with Gasteiger partial charge in [0.2, 0.25) is 11.4 Å². The molecule has 0 spiro atoms. The van der Waals surface area contributed by atoms with Gasteiger partial charge in [0.15, 0.2) is 10.5 Å². The molecule has 0 radical (unpaired) electrons. The van der Waals surface area contributed by atoms with Crippen molar-refractivity contribution in [1.29, 1.82) is 0 Å². The average molecular weight is 1090 g/mol. The van der Waals surface area contributed by atoms with Gasteiger partial charge in [-0.2, -0.15) is 0 Å². The number of fused-ring (bicyclic) bond motifs is 13. The van der Waals surface area contributed by atoms with E-state index in [1.807, 2.05) is 12.1 Å². The van der Waals surface area contributed by atoms with Crippen LogP contribution in [0.15, 0.2) is 237 Å². The summed E-state index contributed by atoms with van der Waals surface area (Å²) >= 11 is 0. The highest BCUT2D eigenvalue weighted by molar-refractivity contribution is 7.95. The third-order valence-corrected chi connectivity index (χ3v) is 19.9. The van der Waals surface area contributed by atoms with Crippen LogP contribution in [0.4, 0.5) is 34.1 Å². The zero-order valence-electron chi connectivity index (χ0n) is 46.2. The molecule has 7 nitrogen and oxygen atoms in total. The van der Waals surface area contributed by atoms with E-state index in [2.05, 4.69) is 260 Å². The van der Waals surface area contributed by atoms with Crippen LogP contribution in [0.5, 0.6) is 0 Å². The lowest BCUT2D eigenvalue weighted by Gasteiger charge is -2.36. The first-order valence-electron chi connectivity index (χ1n) is 27.6. The maximum Gasteiger partial charge on any atom is 0.227 e. The number of benzene rings is 9. The zero-order chi connectivity index (χ0) is 54.9. The van der Waals surface area contributed by atoms with E-state index in [0.717, 1.165) is 99.9 Å². The van der Waals surface area contributed by atoms with E-state index in [1.54, 1.807) is 12.4 Å². The molecule has 0 bridgehead atoms. The fourth-order valence-corrected chi connectivity index (χ4v) is 14.7. The smallest absolute Gasteiger partial charge is 0.227 e. The summed E-state index contributed by atoms with van der Waals surface area (Å²) in [6.07, 6.45) is 8.13. The van der Waals surface area contributed by atoms with Crippen LogP contribution in [0.25, 0.3) is 77.2 Å². The van der Waals surface area contributed by atoms with Gasteiger partial charge in [0.1, 0.15) is 29.3 Å². The number of aryl methyl sites for hydroxylation is 2. The summed E-state index contributed by atoms with van der Waals surface area (Å²) in [5, 5.41) is 7.54. The second kappa shape index (κ2) is 18.5. The number of aromatic nitrogens is 2. The van der Waals surface area contributed by atoms with Crippen LogP contribution in [-0.2, 0) is 16.3 Å². The van der Waals surface area contributed by atoms with Crippen molar-refractivity contribution in [2.45, 2.75) is 43.8 Å². The molecule has 1 aliphatic rings. The maximum absolute atomic E-state index is 7.35. The predicted molar refractivity (Wildman–Crippen MR) is 340 cm³/mol. The minimum absolute atomic E-state index is 0.0826. The topological polar surface area (TPSA) is 71.7 Å². The van der Waals surface area contributed by atoms with Gasteiger partial charge in [-0.15, -0.1) is 0 Å². The Balaban J connectivity index is 1.06. The Labute approximate surface area is 474 Å². The molecule has 0 N–H and O–H groups in total. The van der Waals surface area contributed by atoms with E-state index in [1.165, 1.54) is 43.5 Å². The number of para-hydroxylation sites is 1. The fraction of sp³-hybridized carbons (Fsp3) is 0.111. The molecule has 0 fully saturated rings. The molecular formula is C72H57N4O3SSi+.